The van der Waals surface area contributed by atoms with Gasteiger partial charge in [-0.25, -0.2) is 4.98 Å². The lowest BCUT2D eigenvalue weighted by molar-refractivity contribution is 0.242. The molecule has 1 fully saturated rings. The summed E-state index contributed by atoms with van der Waals surface area (Å²) in [5.41, 5.74) is 7.02. The number of rotatable bonds is 6. The molecule has 0 unspecified atom stereocenters. The summed E-state index contributed by atoms with van der Waals surface area (Å²) in [6.07, 6.45) is 9.07. The van der Waals surface area contributed by atoms with Gasteiger partial charge in [0.05, 0.1) is 17.1 Å². The molecule has 1 heterocycles. The number of nitrogens with zero attached hydrogens (tertiary/aromatic N) is 2. The summed E-state index contributed by atoms with van der Waals surface area (Å²) in [4.78, 5) is 4.62. The van der Waals surface area contributed by atoms with Gasteiger partial charge in [-0.2, -0.15) is 0 Å². The first kappa shape index (κ1) is 18.7. The van der Waals surface area contributed by atoms with Crippen LogP contribution in [-0.2, 0) is 0 Å². The summed E-state index contributed by atoms with van der Waals surface area (Å²) >= 11 is 0. The zero-order valence-electron chi connectivity index (χ0n) is 17.5. The van der Waals surface area contributed by atoms with Crippen LogP contribution in [0, 0.1) is 0 Å². The van der Waals surface area contributed by atoms with Crippen molar-refractivity contribution in [1.82, 2.24) is 9.55 Å². The van der Waals surface area contributed by atoms with Crippen LogP contribution in [0.15, 0.2) is 73.1 Å². The molecule has 0 saturated heterocycles. The Kier molecular flexibility index (Phi) is 4.88. The topological polar surface area (TPSA) is 27.1 Å². The molecule has 0 bridgehead atoms. The Morgan fingerprint density at radius 1 is 0.900 bits per heavy atom. The quantitative estimate of drug-likeness (QED) is 0.334. The first-order chi connectivity index (χ1) is 14.7. The average Bonchev–Trinajstić information content (AvgIpc) is 3.52. The van der Waals surface area contributed by atoms with Crippen LogP contribution in [0.25, 0.3) is 28.9 Å². The van der Waals surface area contributed by atoms with Crippen LogP contribution in [0.3, 0.4) is 0 Å². The van der Waals surface area contributed by atoms with Gasteiger partial charge >= 0.3 is 0 Å². The van der Waals surface area contributed by atoms with Crippen LogP contribution < -0.4 is 4.74 Å². The van der Waals surface area contributed by atoms with E-state index in [0.717, 1.165) is 34.0 Å². The maximum atomic E-state index is 5.74. The summed E-state index contributed by atoms with van der Waals surface area (Å²) in [5.74, 6) is 1.69. The van der Waals surface area contributed by atoms with Crippen LogP contribution >= 0.6 is 0 Å². The molecule has 0 radical (unpaired) electrons. The molecule has 0 aliphatic heterocycles. The first-order valence-corrected chi connectivity index (χ1v) is 10.7. The molecule has 3 heteroatoms. The number of fused-ring (bicyclic) bond motifs is 1. The Morgan fingerprint density at radius 2 is 1.60 bits per heavy atom. The van der Waals surface area contributed by atoms with Crippen LogP contribution in [0.5, 0.6) is 5.75 Å². The highest BCUT2D eigenvalue weighted by Gasteiger charge is 2.22. The van der Waals surface area contributed by atoms with Crippen molar-refractivity contribution in [2.24, 2.45) is 0 Å². The van der Waals surface area contributed by atoms with E-state index in [4.69, 9.17) is 4.74 Å². The summed E-state index contributed by atoms with van der Waals surface area (Å²) in [5, 5.41) is 0. The van der Waals surface area contributed by atoms with E-state index in [1.54, 1.807) is 0 Å². The molecule has 1 aliphatic rings. The number of hydrogen-bond donors (Lipinski definition) is 0. The highest BCUT2D eigenvalue weighted by molar-refractivity contribution is 5.82. The normalized spacial score (nSPS) is 14.1. The van der Waals surface area contributed by atoms with Crippen molar-refractivity contribution < 1.29 is 4.74 Å². The third-order valence-electron chi connectivity index (χ3n) is 5.51. The van der Waals surface area contributed by atoms with Gasteiger partial charge in [0.1, 0.15) is 12.1 Å². The van der Waals surface area contributed by atoms with Gasteiger partial charge in [-0.1, -0.05) is 42.5 Å². The van der Waals surface area contributed by atoms with E-state index in [0.29, 0.717) is 0 Å². The second-order valence-corrected chi connectivity index (χ2v) is 8.30. The Labute approximate surface area is 177 Å². The Hall–Kier alpha value is -3.33. The highest BCUT2D eigenvalue weighted by atomic mass is 16.5. The molecule has 1 saturated carbocycles. The molecule has 0 spiro atoms. The van der Waals surface area contributed by atoms with Gasteiger partial charge in [0.15, 0.2) is 0 Å². The molecule has 0 amide bonds. The lowest BCUT2D eigenvalue weighted by Gasteiger charge is -2.10. The first-order valence-electron chi connectivity index (χ1n) is 10.7. The molecule has 150 valence electrons. The molecular weight excluding hydrogens is 368 g/mol. The minimum absolute atomic E-state index is 0.174. The van der Waals surface area contributed by atoms with E-state index in [1.807, 2.05) is 32.3 Å². The van der Waals surface area contributed by atoms with E-state index in [-0.39, 0.29) is 6.10 Å². The molecule has 1 aromatic heterocycles. The van der Waals surface area contributed by atoms with Crippen molar-refractivity contribution >= 4 is 23.2 Å². The van der Waals surface area contributed by atoms with Crippen molar-refractivity contribution in [3.63, 3.8) is 0 Å². The zero-order valence-corrected chi connectivity index (χ0v) is 17.5. The average molecular weight is 395 g/mol. The molecule has 5 rings (SSSR count). The number of imidazole rings is 1. The lowest BCUT2D eigenvalue weighted by atomic mass is 10.1. The fourth-order valence-corrected chi connectivity index (χ4v) is 3.79. The number of aromatic nitrogens is 2. The minimum Gasteiger partial charge on any atom is -0.491 e. The maximum absolute atomic E-state index is 5.74. The second kappa shape index (κ2) is 7.83. The van der Waals surface area contributed by atoms with Crippen LogP contribution in [0.1, 0.15) is 49.3 Å². The van der Waals surface area contributed by atoms with Crippen LogP contribution in [0.4, 0.5) is 0 Å². The van der Waals surface area contributed by atoms with Crippen LogP contribution in [-0.4, -0.2) is 15.7 Å². The SMILES string of the molecule is CC(C)Oc1ccc(-n2cnc3cc(/C=C\c4ccc(C5CC5)cc4)ccc32)cc1. The van der Waals surface area contributed by atoms with Crippen molar-refractivity contribution in [3.05, 3.63) is 89.7 Å². The fourth-order valence-electron chi connectivity index (χ4n) is 3.79. The molecule has 1 aliphatic carbocycles. The Morgan fingerprint density at radius 3 is 2.30 bits per heavy atom. The number of ether oxygens (including phenoxy) is 1. The predicted octanol–water partition coefficient (Wildman–Crippen LogP) is 6.86. The molecular formula is C27H26N2O. The maximum Gasteiger partial charge on any atom is 0.119 e. The van der Waals surface area contributed by atoms with E-state index in [9.17, 15) is 0 Å². The van der Waals surface area contributed by atoms with Gasteiger partial charge in [0.2, 0.25) is 0 Å². The van der Waals surface area contributed by atoms with E-state index in [2.05, 4.69) is 76.3 Å². The number of hydrogen-bond acceptors (Lipinski definition) is 2. The minimum atomic E-state index is 0.174. The van der Waals surface area contributed by atoms with E-state index >= 15 is 0 Å². The molecule has 0 N–H and O–H groups in total. The molecule has 3 nitrogen and oxygen atoms in total. The highest BCUT2D eigenvalue weighted by Crippen LogP contribution is 2.40. The van der Waals surface area contributed by atoms with Gasteiger partial charge in [-0.3, -0.25) is 4.57 Å². The molecule has 0 atom stereocenters. The van der Waals surface area contributed by atoms with Gasteiger partial charge in [0.25, 0.3) is 0 Å². The molecule has 4 aromatic rings. The molecule has 3 aromatic carbocycles. The van der Waals surface area contributed by atoms with Gasteiger partial charge < -0.3 is 4.74 Å². The standard InChI is InChI=1S/C27H26N2O/c1-19(2)30-25-14-12-24(13-15-25)29-18-28-26-17-21(7-16-27(26)29)4-3-20-5-8-22(9-6-20)23-10-11-23/h3-9,12-19,23H,10-11H2,1-2H3/b4-3-. The summed E-state index contributed by atoms with van der Waals surface area (Å²) in [6.45, 7) is 4.07. The van der Waals surface area contributed by atoms with E-state index < -0.39 is 0 Å². The smallest absolute Gasteiger partial charge is 0.119 e. The fraction of sp³-hybridized carbons (Fsp3) is 0.222. The lowest BCUT2D eigenvalue weighted by Crippen LogP contribution is -2.05. The Bertz CT molecular complexity index is 1180. The van der Waals surface area contributed by atoms with Gasteiger partial charge in [-0.05, 0) is 85.7 Å². The largest absolute Gasteiger partial charge is 0.491 e. The molecule has 30 heavy (non-hydrogen) atoms. The van der Waals surface area contributed by atoms with Gasteiger partial charge in [0, 0.05) is 5.69 Å². The predicted molar refractivity (Wildman–Crippen MR) is 124 cm³/mol. The van der Waals surface area contributed by atoms with Crippen molar-refractivity contribution in [2.45, 2.75) is 38.7 Å². The summed E-state index contributed by atoms with van der Waals surface area (Å²) in [7, 11) is 0. The van der Waals surface area contributed by atoms with Crippen molar-refractivity contribution in [1.29, 1.82) is 0 Å². The van der Waals surface area contributed by atoms with Gasteiger partial charge in [-0.15, -0.1) is 0 Å². The zero-order chi connectivity index (χ0) is 20.5. The number of benzene rings is 3. The second-order valence-electron chi connectivity index (χ2n) is 8.30. The van der Waals surface area contributed by atoms with Crippen molar-refractivity contribution in [3.8, 4) is 11.4 Å². The third kappa shape index (κ3) is 4.02. The van der Waals surface area contributed by atoms with E-state index in [1.165, 1.54) is 24.0 Å². The monoisotopic (exact) mass is 394 g/mol. The summed E-state index contributed by atoms with van der Waals surface area (Å²) in [6, 6.07) is 23.5. The van der Waals surface area contributed by atoms with Crippen LogP contribution in [0.2, 0.25) is 0 Å². The summed E-state index contributed by atoms with van der Waals surface area (Å²) < 4.78 is 7.85. The third-order valence-corrected chi connectivity index (χ3v) is 5.51. The van der Waals surface area contributed by atoms with Crippen molar-refractivity contribution in [2.75, 3.05) is 0 Å². The Balaban J connectivity index is 1.35.